The predicted octanol–water partition coefficient (Wildman–Crippen LogP) is 5.80. The van der Waals surface area contributed by atoms with Gasteiger partial charge in [0.2, 0.25) is 0 Å². The first-order chi connectivity index (χ1) is 17.3. The molecule has 35 heavy (non-hydrogen) atoms. The van der Waals surface area contributed by atoms with Crippen LogP contribution in [0.25, 0.3) is 5.69 Å². The Labute approximate surface area is 207 Å². The van der Waals surface area contributed by atoms with Crippen LogP contribution in [-0.2, 0) is 19.6 Å². The SMILES string of the molecule is c1ccc(COc2ccc(-n3nc(C4CCCN(Cc5ccccc5)C4)c4c3NCC4)cc2)cc1. The molecule has 1 fully saturated rings. The molecule has 2 aliphatic rings. The van der Waals surface area contributed by atoms with Crippen LogP contribution >= 0.6 is 0 Å². The highest BCUT2D eigenvalue weighted by Gasteiger charge is 2.30. The molecular formula is C30H32N4O. The molecule has 5 nitrogen and oxygen atoms in total. The van der Waals surface area contributed by atoms with Gasteiger partial charge in [0.05, 0.1) is 11.4 Å². The zero-order chi connectivity index (χ0) is 23.5. The highest BCUT2D eigenvalue weighted by molar-refractivity contribution is 5.58. The van der Waals surface area contributed by atoms with Gasteiger partial charge in [0.15, 0.2) is 0 Å². The first-order valence-electron chi connectivity index (χ1n) is 12.7. The molecule has 0 radical (unpaired) electrons. The first kappa shape index (κ1) is 21.9. The summed E-state index contributed by atoms with van der Waals surface area (Å²) in [5.41, 5.74) is 6.32. The Kier molecular flexibility index (Phi) is 6.24. The Bertz CT molecular complexity index is 1250. The third-order valence-electron chi connectivity index (χ3n) is 7.15. The second-order valence-electron chi connectivity index (χ2n) is 9.63. The Morgan fingerprint density at radius 3 is 2.40 bits per heavy atom. The van der Waals surface area contributed by atoms with Crippen LogP contribution in [0.1, 0.15) is 41.1 Å². The maximum absolute atomic E-state index is 5.99. The number of benzene rings is 3. The number of fused-ring (bicyclic) bond motifs is 1. The number of aromatic nitrogens is 2. The molecule has 1 saturated heterocycles. The van der Waals surface area contributed by atoms with Gasteiger partial charge in [-0.15, -0.1) is 0 Å². The van der Waals surface area contributed by atoms with E-state index in [1.807, 2.05) is 30.3 Å². The van der Waals surface area contributed by atoms with Crippen molar-refractivity contribution in [3.63, 3.8) is 0 Å². The summed E-state index contributed by atoms with van der Waals surface area (Å²) < 4.78 is 8.09. The molecule has 1 N–H and O–H groups in total. The zero-order valence-electron chi connectivity index (χ0n) is 20.1. The van der Waals surface area contributed by atoms with E-state index in [-0.39, 0.29) is 0 Å². The lowest BCUT2D eigenvalue weighted by Crippen LogP contribution is -2.34. The lowest BCUT2D eigenvalue weighted by atomic mass is 9.91. The Morgan fingerprint density at radius 1 is 0.886 bits per heavy atom. The summed E-state index contributed by atoms with van der Waals surface area (Å²) in [6, 6.07) is 29.4. The average molecular weight is 465 g/mol. The second kappa shape index (κ2) is 9.96. The van der Waals surface area contributed by atoms with E-state index in [1.165, 1.54) is 35.2 Å². The summed E-state index contributed by atoms with van der Waals surface area (Å²) in [4.78, 5) is 2.59. The number of likely N-dealkylation sites (tertiary alicyclic amines) is 1. The predicted molar refractivity (Wildman–Crippen MR) is 140 cm³/mol. The van der Waals surface area contributed by atoms with Crippen molar-refractivity contribution < 1.29 is 4.74 Å². The van der Waals surface area contributed by atoms with E-state index in [0.717, 1.165) is 49.9 Å². The molecule has 3 aromatic carbocycles. The molecule has 5 heteroatoms. The van der Waals surface area contributed by atoms with Crippen LogP contribution in [0.4, 0.5) is 5.82 Å². The van der Waals surface area contributed by atoms with Gasteiger partial charge in [0, 0.05) is 31.1 Å². The number of hydrogen-bond donors (Lipinski definition) is 1. The van der Waals surface area contributed by atoms with Crippen molar-refractivity contribution in [1.29, 1.82) is 0 Å². The average Bonchev–Trinajstić information content (AvgIpc) is 3.53. The Hall–Kier alpha value is -3.57. The summed E-state index contributed by atoms with van der Waals surface area (Å²) in [6.45, 7) is 4.81. The number of nitrogens with one attached hydrogen (secondary N) is 1. The lowest BCUT2D eigenvalue weighted by Gasteiger charge is -2.32. The molecule has 0 amide bonds. The van der Waals surface area contributed by atoms with Crippen molar-refractivity contribution in [3.8, 4) is 11.4 Å². The minimum atomic E-state index is 0.482. The fourth-order valence-electron chi connectivity index (χ4n) is 5.40. The van der Waals surface area contributed by atoms with Gasteiger partial charge in [0.25, 0.3) is 0 Å². The molecular weight excluding hydrogens is 432 g/mol. The molecule has 0 bridgehead atoms. The second-order valence-corrected chi connectivity index (χ2v) is 9.63. The van der Waals surface area contributed by atoms with Crippen LogP contribution in [-0.4, -0.2) is 34.3 Å². The summed E-state index contributed by atoms with van der Waals surface area (Å²) in [5.74, 6) is 2.52. The molecule has 6 rings (SSSR count). The molecule has 0 saturated carbocycles. The van der Waals surface area contributed by atoms with E-state index in [1.54, 1.807) is 0 Å². The molecule has 4 aromatic rings. The standard InChI is InChI=1S/C30H32N4O/c1-3-8-23(9-4-1)20-33-19-7-12-25(21-33)29-28-17-18-31-30(28)34(32-29)26-13-15-27(16-14-26)35-22-24-10-5-2-6-11-24/h1-6,8-11,13-16,25,31H,7,12,17-22H2. The highest BCUT2D eigenvalue weighted by atomic mass is 16.5. The number of hydrogen-bond acceptors (Lipinski definition) is 4. The molecule has 1 aromatic heterocycles. The van der Waals surface area contributed by atoms with E-state index in [0.29, 0.717) is 12.5 Å². The molecule has 0 spiro atoms. The minimum Gasteiger partial charge on any atom is -0.489 e. The van der Waals surface area contributed by atoms with Crippen molar-refractivity contribution in [1.82, 2.24) is 14.7 Å². The Morgan fingerprint density at radius 2 is 1.63 bits per heavy atom. The van der Waals surface area contributed by atoms with E-state index >= 15 is 0 Å². The molecule has 0 aliphatic carbocycles. The Balaban J connectivity index is 1.18. The van der Waals surface area contributed by atoms with Gasteiger partial charge in [-0.1, -0.05) is 60.7 Å². The van der Waals surface area contributed by atoms with Gasteiger partial charge in [-0.2, -0.15) is 5.10 Å². The van der Waals surface area contributed by atoms with E-state index in [4.69, 9.17) is 9.84 Å². The van der Waals surface area contributed by atoms with Crippen molar-refractivity contribution in [2.75, 3.05) is 25.0 Å². The summed E-state index contributed by atoms with van der Waals surface area (Å²) in [6.07, 6.45) is 3.49. The number of nitrogens with zero attached hydrogens (tertiary/aromatic N) is 3. The minimum absolute atomic E-state index is 0.482. The monoisotopic (exact) mass is 464 g/mol. The largest absolute Gasteiger partial charge is 0.489 e. The maximum atomic E-state index is 5.99. The van der Waals surface area contributed by atoms with Crippen LogP contribution in [0.15, 0.2) is 84.9 Å². The van der Waals surface area contributed by atoms with Gasteiger partial charge >= 0.3 is 0 Å². The molecule has 178 valence electrons. The van der Waals surface area contributed by atoms with Gasteiger partial charge in [-0.3, -0.25) is 4.90 Å². The van der Waals surface area contributed by atoms with Crippen LogP contribution in [0.5, 0.6) is 5.75 Å². The third kappa shape index (κ3) is 4.82. The zero-order valence-corrected chi connectivity index (χ0v) is 20.1. The number of rotatable bonds is 7. The number of ether oxygens (including phenoxy) is 1. The van der Waals surface area contributed by atoms with Crippen molar-refractivity contribution in [2.45, 2.75) is 38.3 Å². The smallest absolute Gasteiger partial charge is 0.133 e. The lowest BCUT2D eigenvalue weighted by molar-refractivity contribution is 0.198. The molecule has 2 aliphatic heterocycles. The number of piperidine rings is 1. The van der Waals surface area contributed by atoms with Crippen LogP contribution < -0.4 is 10.1 Å². The van der Waals surface area contributed by atoms with Gasteiger partial charge in [-0.25, -0.2) is 4.68 Å². The molecule has 1 atom stereocenters. The van der Waals surface area contributed by atoms with E-state index in [2.05, 4.69) is 69.5 Å². The van der Waals surface area contributed by atoms with Crippen molar-refractivity contribution in [3.05, 3.63) is 107 Å². The fraction of sp³-hybridized carbons (Fsp3) is 0.300. The summed E-state index contributed by atoms with van der Waals surface area (Å²) in [7, 11) is 0. The normalized spacial score (nSPS) is 17.7. The highest BCUT2D eigenvalue weighted by Crippen LogP contribution is 2.36. The number of anilines is 1. The van der Waals surface area contributed by atoms with Crippen LogP contribution in [0.3, 0.4) is 0 Å². The van der Waals surface area contributed by atoms with E-state index < -0.39 is 0 Å². The van der Waals surface area contributed by atoms with Crippen molar-refractivity contribution >= 4 is 5.82 Å². The van der Waals surface area contributed by atoms with Gasteiger partial charge in [-0.05, 0) is 61.2 Å². The first-order valence-corrected chi connectivity index (χ1v) is 12.7. The summed E-state index contributed by atoms with van der Waals surface area (Å²) in [5, 5.41) is 8.77. The summed E-state index contributed by atoms with van der Waals surface area (Å²) >= 11 is 0. The topological polar surface area (TPSA) is 42.3 Å². The van der Waals surface area contributed by atoms with Crippen LogP contribution in [0, 0.1) is 0 Å². The third-order valence-corrected chi connectivity index (χ3v) is 7.15. The van der Waals surface area contributed by atoms with Crippen LogP contribution in [0.2, 0.25) is 0 Å². The van der Waals surface area contributed by atoms with E-state index in [9.17, 15) is 0 Å². The van der Waals surface area contributed by atoms with Crippen molar-refractivity contribution in [2.24, 2.45) is 0 Å². The molecule has 1 unspecified atom stereocenters. The van der Waals surface area contributed by atoms with Gasteiger partial charge < -0.3 is 10.1 Å². The quantitative estimate of drug-likeness (QED) is 0.375. The van der Waals surface area contributed by atoms with Gasteiger partial charge in [0.1, 0.15) is 18.2 Å². The molecule has 3 heterocycles. The fourth-order valence-corrected chi connectivity index (χ4v) is 5.40. The maximum Gasteiger partial charge on any atom is 0.133 e.